The second kappa shape index (κ2) is 8.02. The molecule has 5 nitrogen and oxygen atoms in total. The number of allylic oxidation sites excluding steroid dienone is 2. The van der Waals surface area contributed by atoms with Crippen molar-refractivity contribution in [2.45, 2.75) is 25.5 Å². The highest BCUT2D eigenvalue weighted by atomic mass is 16.7. The van der Waals surface area contributed by atoms with Crippen molar-refractivity contribution in [2.24, 2.45) is 0 Å². The van der Waals surface area contributed by atoms with E-state index < -0.39 is 12.1 Å². The lowest BCUT2D eigenvalue weighted by Crippen LogP contribution is -2.46. The van der Waals surface area contributed by atoms with Gasteiger partial charge < -0.3 is 14.8 Å². The van der Waals surface area contributed by atoms with Gasteiger partial charge in [0.05, 0.1) is 6.04 Å². The fraction of sp³-hybridized carbons (Fsp3) is 0.294. The summed E-state index contributed by atoms with van der Waals surface area (Å²) in [5.74, 6) is 0.0674. The van der Waals surface area contributed by atoms with Crippen LogP contribution < -0.4 is 5.32 Å². The van der Waals surface area contributed by atoms with Crippen molar-refractivity contribution in [2.75, 3.05) is 6.61 Å². The van der Waals surface area contributed by atoms with Gasteiger partial charge in [0.15, 0.2) is 12.4 Å². The third-order valence-corrected chi connectivity index (χ3v) is 3.16. The third kappa shape index (κ3) is 4.77. The Labute approximate surface area is 129 Å². The van der Waals surface area contributed by atoms with Crippen molar-refractivity contribution in [3.05, 3.63) is 60.1 Å². The molecule has 2 rings (SSSR count). The second-order valence-corrected chi connectivity index (χ2v) is 4.94. The first-order valence-corrected chi connectivity index (χ1v) is 7.11. The van der Waals surface area contributed by atoms with Crippen LogP contribution in [0.3, 0.4) is 0 Å². The molecule has 2 atom stereocenters. The molecule has 22 heavy (non-hydrogen) atoms. The first-order valence-electron chi connectivity index (χ1n) is 7.11. The largest absolute Gasteiger partial charge is 0.461 e. The van der Waals surface area contributed by atoms with E-state index in [4.69, 9.17) is 9.47 Å². The fourth-order valence-electron chi connectivity index (χ4n) is 2.17. The van der Waals surface area contributed by atoms with Gasteiger partial charge in [-0.1, -0.05) is 36.4 Å². The number of ether oxygens (including phenoxy) is 2. The SMILES string of the molecule is CC(=O)N[C@H](Cc1ccccc1)C(C=O)OC1=CC=CCO1. The first-order chi connectivity index (χ1) is 10.7. The van der Waals surface area contributed by atoms with Gasteiger partial charge in [-0.3, -0.25) is 9.59 Å². The predicted octanol–water partition coefficient (Wildman–Crippen LogP) is 1.75. The monoisotopic (exact) mass is 301 g/mol. The third-order valence-electron chi connectivity index (χ3n) is 3.16. The molecular formula is C17H19NO4. The highest BCUT2D eigenvalue weighted by Gasteiger charge is 2.25. The summed E-state index contributed by atoms with van der Waals surface area (Å²) in [4.78, 5) is 22.8. The maximum absolute atomic E-state index is 11.4. The number of carbonyl (C=O) groups is 2. The van der Waals surface area contributed by atoms with E-state index in [1.165, 1.54) is 6.92 Å². The highest BCUT2D eigenvalue weighted by molar-refractivity contribution is 5.74. The summed E-state index contributed by atoms with van der Waals surface area (Å²) in [5.41, 5.74) is 1.01. The highest BCUT2D eigenvalue weighted by Crippen LogP contribution is 2.14. The second-order valence-electron chi connectivity index (χ2n) is 4.94. The zero-order valence-electron chi connectivity index (χ0n) is 12.4. The Morgan fingerprint density at radius 3 is 2.77 bits per heavy atom. The summed E-state index contributed by atoms with van der Waals surface area (Å²) in [6, 6.07) is 9.15. The van der Waals surface area contributed by atoms with Crippen molar-refractivity contribution in [1.82, 2.24) is 5.32 Å². The number of aldehydes is 1. The van der Waals surface area contributed by atoms with Crippen LogP contribution in [0.1, 0.15) is 12.5 Å². The van der Waals surface area contributed by atoms with Gasteiger partial charge >= 0.3 is 0 Å². The summed E-state index contributed by atoms with van der Waals surface area (Å²) in [5, 5.41) is 2.77. The summed E-state index contributed by atoms with van der Waals surface area (Å²) < 4.78 is 10.9. The number of hydrogen-bond acceptors (Lipinski definition) is 4. The zero-order chi connectivity index (χ0) is 15.8. The Balaban J connectivity index is 2.10. The van der Waals surface area contributed by atoms with Crippen molar-refractivity contribution < 1.29 is 19.1 Å². The van der Waals surface area contributed by atoms with Crippen LogP contribution in [0.2, 0.25) is 0 Å². The minimum Gasteiger partial charge on any atom is -0.461 e. The molecule has 0 radical (unpaired) electrons. The van der Waals surface area contributed by atoms with Crippen molar-refractivity contribution >= 4 is 12.2 Å². The Morgan fingerprint density at radius 2 is 2.18 bits per heavy atom. The van der Waals surface area contributed by atoms with E-state index in [0.29, 0.717) is 19.3 Å². The fourth-order valence-corrected chi connectivity index (χ4v) is 2.17. The van der Waals surface area contributed by atoms with Gasteiger partial charge in [0, 0.05) is 13.0 Å². The molecule has 0 saturated heterocycles. The topological polar surface area (TPSA) is 64.6 Å². The summed E-state index contributed by atoms with van der Waals surface area (Å²) in [6.07, 6.45) is 5.64. The molecule has 1 unspecified atom stereocenters. The van der Waals surface area contributed by atoms with Crippen LogP contribution in [0.15, 0.2) is 54.5 Å². The Bertz CT molecular complexity index is 565. The van der Waals surface area contributed by atoms with E-state index in [1.807, 2.05) is 36.4 Å². The summed E-state index contributed by atoms with van der Waals surface area (Å²) in [6.45, 7) is 1.82. The average molecular weight is 301 g/mol. The molecular weight excluding hydrogens is 282 g/mol. The van der Waals surface area contributed by atoms with Crippen molar-refractivity contribution in [3.63, 3.8) is 0 Å². The van der Waals surface area contributed by atoms with E-state index in [-0.39, 0.29) is 11.9 Å². The molecule has 1 aromatic carbocycles. The van der Waals surface area contributed by atoms with E-state index in [1.54, 1.807) is 12.2 Å². The molecule has 0 aliphatic carbocycles. The molecule has 1 aliphatic heterocycles. The number of carbonyl (C=O) groups excluding carboxylic acids is 2. The molecule has 0 aromatic heterocycles. The Kier molecular flexibility index (Phi) is 5.77. The molecule has 0 bridgehead atoms. The van der Waals surface area contributed by atoms with E-state index >= 15 is 0 Å². The summed E-state index contributed by atoms with van der Waals surface area (Å²) in [7, 11) is 0. The van der Waals surface area contributed by atoms with Gasteiger partial charge in [-0.15, -0.1) is 0 Å². The lowest BCUT2D eigenvalue weighted by Gasteiger charge is -2.25. The summed E-state index contributed by atoms with van der Waals surface area (Å²) >= 11 is 0. The lowest BCUT2D eigenvalue weighted by molar-refractivity contribution is -0.125. The zero-order valence-corrected chi connectivity index (χ0v) is 12.4. The van der Waals surface area contributed by atoms with Gasteiger partial charge in [-0.25, -0.2) is 0 Å². The van der Waals surface area contributed by atoms with Crippen LogP contribution in [0.5, 0.6) is 0 Å². The van der Waals surface area contributed by atoms with Crippen LogP contribution in [-0.2, 0) is 25.5 Å². The van der Waals surface area contributed by atoms with Crippen LogP contribution in [0.4, 0.5) is 0 Å². The van der Waals surface area contributed by atoms with E-state index in [2.05, 4.69) is 5.32 Å². The molecule has 0 fully saturated rings. The first kappa shape index (κ1) is 15.8. The number of hydrogen-bond donors (Lipinski definition) is 1. The lowest BCUT2D eigenvalue weighted by atomic mass is 10.0. The van der Waals surface area contributed by atoms with E-state index in [0.717, 1.165) is 5.56 Å². The average Bonchev–Trinajstić information content (AvgIpc) is 2.53. The number of benzene rings is 1. The number of nitrogens with one attached hydrogen (secondary N) is 1. The minimum atomic E-state index is -0.818. The van der Waals surface area contributed by atoms with Gasteiger partial charge in [0.1, 0.15) is 6.61 Å². The molecule has 1 heterocycles. The Morgan fingerprint density at radius 1 is 1.41 bits per heavy atom. The van der Waals surface area contributed by atoms with E-state index in [9.17, 15) is 9.59 Å². The predicted molar refractivity (Wildman–Crippen MR) is 81.9 cm³/mol. The maximum atomic E-state index is 11.4. The molecule has 1 amide bonds. The molecule has 0 spiro atoms. The van der Waals surface area contributed by atoms with Crippen LogP contribution in [0.25, 0.3) is 0 Å². The standard InChI is InChI=1S/C17H19NO4/c1-13(20)18-15(11-14-7-3-2-4-8-14)16(12-19)22-17-9-5-6-10-21-17/h2-9,12,15-16H,10-11H2,1H3,(H,18,20)/t15-,16?/m1/s1. The van der Waals surface area contributed by atoms with Gasteiger partial charge in [0.2, 0.25) is 5.91 Å². The molecule has 1 aliphatic rings. The van der Waals surface area contributed by atoms with Gasteiger partial charge in [0.25, 0.3) is 5.95 Å². The van der Waals surface area contributed by atoms with Crippen LogP contribution in [-0.4, -0.2) is 30.9 Å². The molecule has 1 aromatic rings. The molecule has 5 heteroatoms. The quantitative estimate of drug-likeness (QED) is 0.779. The molecule has 0 saturated carbocycles. The molecule has 116 valence electrons. The van der Waals surface area contributed by atoms with Crippen LogP contribution >= 0.6 is 0 Å². The number of rotatable bonds is 7. The van der Waals surface area contributed by atoms with Crippen LogP contribution in [0, 0.1) is 0 Å². The minimum absolute atomic E-state index is 0.213. The normalized spacial score (nSPS) is 16.0. The Hall–Kier alpha value is -2.56. The van der Waals surface area contributed by atoms with Gasteiger partial charge in [-0.2, -0.15) is 0 Å². The molecule has 1 N–H and O–H groups in total. The maximum Gasteiger partial charge on any atom is 0.280 e. The number of amides is 1. The van der Waals surface area contributed by atoms with Gasteiger partial charge in [-0.05, 0) is 18.1 Å². The smallest absolute Gasteiger partial charge is 0.280 e. The van der Waals surface area contributed by atoms with Crippen molar-refractivity contribution in [3.8, 4) is 0 Å². The van der Waals surface area contributed by atoms with Crippen molar-refractivity contribution in [1.29, 1.82) is 0 Å².